The summed E-state index contributed by atoms with van der Waals surface area (Å²) >= 11 is 0. The van der Waals surface area contributed by atoms with Crippen molar-refractivity contribution in [2.24, 2.45) is 17.8 Å². The van der Waals surface area contributed by atoms with Crippen LogP contribution >= 0.6 is 0 Å². The van der Waals surface area contributed by atoms with Crippen LogP contribution < -0.4 is 4.74 Å². The van der Waals surface area contributed by atoms with Gasteiger partial charge in [-0.2, -0.15) is 0 Å². The highest BCUT2D eigenvalue weighted by atomic mass is 16.5. The molecule has 1 N–H and O–H groups in total. The van der Waals surface area contributed by atoms with E-state index in [2.05, 4.69) is 4.98 Å². The fourth-order valence-electron chi connectivity index (χ4n) is 4.38. The predicted molar refractivity (Wildman–Crippen MR) is 108 cm³/mol. The Bertz CT molecular complexity index is 901. The van der Waals surface area contributed by atoms with Crippen molar-refractivity contribution in [3.05, 3.63) is 58.9 Å². The normalized spacial score (nSPS) is 21.2. The van der Waals surface area contributed by atoms with E-state index < -0.39 is 11.9 Å². The number of carbonyl (C=O) groups excluding carboxylic acids is 1. The average molecular weight is 394 g/mol. The van der Waals surface area contributed by atoms with Gasteiger partial charge in [0.2, 0.25) is 0 Å². The molecule has 2 aliphatic rings. The van der Waals surface area contributed by atoms with Crippen LogP contribution in [0.1, 0.15) is 39.9 Å². The number of hydrogen-bond donors (Lipinski definition) is 1. The van der Waals surface area contributed by atoms with Gasteiger partial charge in [0, 0.05) is 36.6 Å². The number of nitrogens with zero attached hydrogens (tertiary/aromatic N) is 2. The third-order valence-corrected chi connectivity index (χ3v) is 6.01. The van der Waals surface area contributed by atoms with Crippen LogP contribution in [0, 0.1) is 31.6 Å². The van der Waals surface area contributed by atoms with Crippen LogP contribution in [0.25, 0.3) is 0 Å². The molecular weight excluding hydrogens is 368 g/mol. The van der Waals surface area contributed by atoms with Crippen LogP contribution in [0.5, 0.6) is 5.75 Å². The van der Waals surface area contributed by atoms with Crippen molar-refractivity contribution < 1.29 is 19.4 Å². The first-order valence-electron chi connectivity index (χ1n) is 10.1. The number of hydrogen-bond acceptors (Lipinski definition) is 4. The minimum Gasteiger partial charge on any atom is -0.488 e. The van der Waals surface area contributed by atoms with Crippen molar-refractivity contribution in [1.29, 1.82) is 0 Å². The fraction of sp³-hybridized carbons (Fsp3) is 0.435. The third-order valence-electron chi connectivity index (χ3n) is 6.01. The molecule has 2 fully saturated rings. The van der Waals surface area contributed by atoms with E-state index in [0.717, 1.165) is 35.3 Å². The zero-order valence-electron chi connectivity index (χ0n) is 16.8. The van der Waals surface area contributed by atoms with Crippen LogP contribution in [-0.2, 0) is 11.4 Å². The molecule has 0 bridgehead atoms. The van der Waals surface area contributed by atoms with Gasteiger partial charge in [-0.05, 0) is 67.9 Å². The standard InChI is InChI=1S/C23H26N2O4/c1-14-8-18(9-15(2)21(14)29-13-16-4-3-7-24-10-16)22(26)25-11-19(17-5-6-17)20(12-25)23(27)28/h3-4,7-10,17,19-20H,5-6,11-13H2,1-2H3,(H,27,28)/t19-,20+/m1/s1. The Morgan fingerprint density at radius 1 is 1.21 bits per heavy atom. The molecule has 0 unspecified atom stereocenters. The Hall–Kier alpha value is -2.89. The molecule has 1 amide bonds. The lowest BCUT2D eigenvalue weighted by Gasteiger charge is -2.19. The first kappa shape index (κ1) is 19.4. The second-order valence-corrected chi connectivity index (χ2v) is 8.25. The molecule has 4 rings (SSSR count). The molecule has 1 saturated heterocycles. The predicted octanol–water partition coefficient (Wildman–Crippen LogP) is 3.46. The zero-order chi connectivity index (χ0) is 20.5. The van der Waals surface area contributed by atoms with E-state index in [-0.39, 0.29) is 11.8 Å². The number of aliphatic carboxylic acids is 1. The Morgan fingerprint density at radius 2 is 1.93 bits per heavy atom. The van der Waals surface area contributed by atoms with E-state index in [0.29, 0.717) is 31.2 Å². The maximum Gasteiger partial charge on any atom is 0.308 e. The van der Waals surface area contributed by atoms with Gasteiger partial charge in [-0.25, -0.2) is 0 Å². The summed E-state index contributed by atoms with van der Waals surface area (Å²) in [5.41, 5.74) is 3.36. The molecule has 0 spiro atoms. The lowest BCUT2D eigenvalue weighted by Crippen LogP contribution is -2.30. The van der Waals surface area contributed by atoms with Gasteiger partial charge in [-0.3, -0.25) is 14.6 Å². The van der Waals surface area contributed by atoms with E-state index in [1.165, 1.54) is 0 Å². The summed E-state index contributed by atoms with van der Waals surface area (Å²) in [5.74, 6) is -0.0173. The van der Waals surface area contributed by atoms with Gasteiger partial charge in [0.05, 0.1) is 5.92 Å². The summed E-state index contributed by atoms with van der Waals surface area (Å²) < 4.78 is 5.98. The van der Waals surface area contributed by atoms with Gasteiger partial charge in [0.25, 0.3) is 5.91 Å². The molecule has 1 aliphatic heterocycles. The smallest absolute Gasteiger partial charge is 0.308 e. The third kappa shape index (κ3) is 4.11. The number of carboxylic acid groups (broad SMARTS) is 1. The van der Waals surface area contributed by atoms with E-state index in [1.54, 1.807) is 17.3 Å². The second kappa shape index (κ2) is 7.85. The number of benzene rings is 1. The van der Waals surface area contributed by atoms with Gasteiger partial charge in [-0.1, -0.05) is 6.07 Å². The fourth-order valence-corrected chi connectivity index (χ4v) is 4.38. The minimum atomic E-state index is -0.788. The number of aromatic nitrogens is 1. The number of likely N-dealkylation sites (tertiary alicyclic amines) is 1. The Morgan fingerprint density at radius 3 is 2.52 bits per heavy atom. The lowest BCUT2D eigenvalue weighted by molar-refractivity contribution is -0.142. The van der Waals surface area contributed by atoms with Crippen molar-refractivity contribution in [3.63, 3.8) is 0 Å². The van der Waals surface area contributed by atoms with Gasteiger partial charge in [0.1, 0.15) is 12.4 Å². The number of amides is 1. The molecule has 0 radical (unpaired) electrons. The van der Waals surface area contributed by atoms with Crippen molar-refractivity contribution >= 4 is 11.9 Å². The molecule has 6 heteroatoms. The summed E-state index contributed by atoms with van der Waals surface area (Å²) in [6.45, 7) is 5.11. The minimum absolute atomic E-state index is 0.0840. The van der Waals surface area contributed by atoms with E-state index in [9.17, 15) is 14.7 Å². The molecule has 1 aliphatic carbocycles. The van der Waals surface area contributed by atoms with Gasteiger partial charge in [-0.15, -0.1) is 0 Å². The quantitative estimate of drug-likeness (QED) is 0.812. The number of carbonyl (C=O) groups is 2. The van der Waals surface area contributed by atoms with Crippen molar-refractivity contribution in [2.45, 2.75) is 33.3 Å². The first-order valence-corrected chi connectivity index (χ1v) is 10.1. The Kier molecular flexibility index (Phi) is 5.26. The summed E-state index contributed by atoms with van der Waals surface area (Å²) in [4.78, 5) is 30.5. The highest BCUT2D eigenvalue weighted by Gasteiger charge is 2.46. The molecule has 29 heavy (non-hydrogen) atoms. The van der Waals surface area contributed by atoms with Crippen LogP contribution in [0.2, 0.25) is 0 Å². The van der Waals surface area contributed by atoms with E-state index >= 15 is 0 Å². The molecule has 2 atom stereocenters. The summed E-state index contributed by atoms with van der Waals surface area (Å²) in [7, 11) is 0. The molecule has 1 aromatic carbocycles. The monoisotopic (exact) mass is 394 g/mol. The van der Waals surface area contributed by atoms with Crippen molar-refractivity contribution in [3.8, 4) is 5.75 Å². The molecule has 1 saturated carbocycles. The number of ether oxygens (including phenoxy) is 1. The number of aryl methyl sites for hydroxylation is 2. The van der Waals surface area contributed by atoms with Crippen molar-refractivity contribution in [1.82, 2.24) is 9.88 Å². The Balaban J connectivity index is 1.48. The van der Waals surface area contributed by atoms with E-state index in [4.69, 9.17) is 4.74 Å². The van der Waals surface area contributed by atoms with Gasteiger partial charge in [0.15, 0.2) is 0 Å². The molecule has 2 heterocycles. The largest absolute Gasteiger partial charge is 0.488 e. The SMILES string of the molecule is Cc1cc(C(=O)N2C[C@H](C(=O)O)[C@@H](C3CC3)C2)cc(C)c1OCc1cccnc1. The molecule has 1 aromatic heterocycles. The summed E-state index contributed by atoms with van der Waals surface area (Å²) in [5, 5.41) is 9.55. The van der Waals surface area contributed by atoms with Crippen LogP contribution in [0.3, 0.4) is 0 Å². The second-order valence-electron chi connectivity index (χ2n) is 8.25. The van der Waals surface area contributed by atoms with E-state index in [1.807, 2.05) is 38.1 Å². The van der Waals surface area contributed by atoms with Gasteiger partial charge < -0.3 is 14.7 Å². The lowest BCUT2D eigenvalue weighted by atomic mass is 9.92. The number of carboxylic acids is 1. The number of rotatable bonds is 6. The summed E-state index contributed by atoms with van der Waals surface area (Å²) in [6.07, 6.45) is 5.65. The average Bonchev–Trinajstić information content (AvgIpc) is 3.45. The Labute approximate surface area is 170 Å². The first-order chi connectivity index (χ1) is 13.9. The highest BCUT2D eigenvalue weighted by Crippen LogP contribution is 2.44. The topological polar surface area (TPSA) is 79.7 Å². The molecule has 2 aromatic rings. The van der Waals surface area contributed by atoms with Crippen LogP contribution in [0.15, 0.2) is 36.7 Å². The molecule has 152 valence electrons. The molecular formula is C23H26N2O4. The molecule has 6 nitrogen and oxygen atoms in total. The maximum atomic E-state index is 13.1. The highest BCUT2D eigenvalue weighted by molar-refractivity contribution is 5.95. The van der Waals surface area contributed by atoms with Crippen LogP contribution in [0.4, 0.5) is 0 Å². The zero-order valence-corrected chi connectivity index (χ0v) is 16.8. The van der Waals surface area contributed by atoms with Crippen LogP contribution in [-0.4, -0.2) is 40.0 Å². The summed E-state index contributed by atoms with van der Waals surface area (Å²) in [6, 6.07) is 7.51. The van der Waals surface area contributed by atoms with Crippen molar-refractivity contribution in [2.75, 3.05) is 13.1 Å². The maximum absolute atomic E-state index is 13.1. The number of pyridine rings is 1. The van der Waals surface area contributed by atoms with Gasteiger partial charge >= 0.3 is 5.97 Å².